The van der Waals surface area contributed by atoms with Gasteiger partial charge in [0.1, 0.15) is 0 Å². The lowest BCUT2D eigenvalue weighted by Gasteiger charge is -2.33. The highest BCUT2D eigenvalue weighted by Gasteiger charge is 2.33. The molecule has 0 bridgehead atoms. The first-order valence-corrected chi connectivity index (χ1v) is 30.3. The monoisotopic (exact) mass is 838 g/mol. The van der Waals surface area contributed by atoms with Gasteiger partial charge in [-0.2, -0.15) is 12.6 Å². The largest absolute Gasteiger partial charge is 0.416 e. The zero-order chi connectivity index (χ0) is 41.4. The number of nitrogens with zero attached hydrogens (tertiary/aromatic N) is 1. The molecule has 0 radical (unpaired) electrons. The SMILES string of the molecule is CCCCCCCCCCCCN(CCCCCCCCCCCC)CCO[Si](CCCS)(CCCCCCCCCCCC)CCCCCCCCCCCC. The third-order valence-electron chi connectivity index (χ3n) is 13.2. The summed E-state index contributed by atoms with van der Waals surface area (Å²) in [5.74, 6) is 1.03. The van der Waals surface area contributed by atoms with Crippen molar-refractivity contribution in [1.82, 2.24) is 4.90 Å². The number of rotatable bonds is 51. The zero-order valence-electron chi connectivity index (χ0n) is 40.5. The molecule has 344 valence electrons. The summed E-state index contributed by atoms with van der Waals surface area (Å²) >= 11 is 4.75. The number of hydrogen-bond donors (Lipinski definition) is 1. The molecule has 0 fully saturated rings. The molecule has 0 aliphatic heterocycles. The quantitative estimate of drug-likeness (QED) is 0.0372. The maximum absolute atomic E-state index is 7.39. The van der Waals surface area contributed by atoms with Gasteiger partial charge >= 0.3 is 0 Å². The van der Waals surface area contributed by atoms with Gasteiger partial charge in [-0.25, -0.2) is 0 Å². The lowest BCUT2D eigenvalue weighted by atomic mass is 10.1. The van der Waals surface area contributed by atoms with E-state index in [9.17, 15) is 0 Å². The average molecular weight is 839 g/mol. The van der Waals surface area contributed by atoms with E-state index < -0.39 is 8.32 Å². The van der Waals surface area contributed by atoms with Crippen molar-refractivity contribution in [1.29, 1.82) is 0 Å². The molecule has 0 aliphatic rings. The molecule has 2 nitrogen and oxygen atoms in total. The van der Waals surface area contributed by atoms with Crippen LogP contribution in [-0.2, 0) is 4.43 Å². The normalized spacial score (nSPS) is 12.1. The molecule has 0 atom stereocenters. The van der Waals surface area contributed by atoms with Gasteiger partial charge in [0.2, 0.25) is 0 Å². The molecule has 57 heavy (non-hydrogen) atoms. The molecule has 0 aromatic heterocycles. The first kappa shape index (κ1) is 57.5. The van der Waals surface area contributed by atoms with Crippen molar-refractivity contribution in [3.8, 4) is 0 Å². The van der Waals surface area contributed by atoms with Gasteiger partial charge in [-0.05, 0) is 56.2 Å². The van der Waals surface area contributed by atoms with Crippen LogP contribution in [0.4, 0.5) is 0 Å². The van der Waals surface area contributed by atoms with E-state index in [4.69, 9.17) is 17.1 Å². The Morgan fingerprint density at radius 3 is 0.825 bits per heavy atom. The van der Waals surface area contributed by atoms with Crippen LogP contribution in [0.3, 0.4) is 0 Å². The molecule has 0 spiro atoms. The first-order chi connectivity index (χ1) is 28.2. The second-order valence-electron chi connectivity index (χ2n) is 18.9. The molecule has 0 rings (SSSR count). The smallest absolute Gasteiger partial charge is 0.192 e. The molecule has 0 amide bonds. The van der Waals surface area contributed by atoms with Crippen molar-refractivity contribution in [2.75, 3.05) is 32.0 Å². The molecule has 0 heterocycles. The van der Waals surface area contributed by atoms with E-state index in [-0.39, 0.29) is 0 Å². The molecule has 0 aliphatic carbocycles. The fourth-order valence-electron chi connectivity index (χ4n) is 9.23. The standard InChI is InChI=1S/C53H111NOSSi/c1-5-9-13-17-21-25-29-33-37-41-46-54(47-42-38-34-30-26-22-18-14-10-6-2)48-49-55-57(53-45-50-56,51-43-39-35-31-27-23-19-15-11-7-3)52-44-40-36-32-28-24-20-16-12-8-4/h56H,5-53H2,1-4H3. The molecule has 0 aromatic carbocycles. The highest BCUT2D eigenvalue weighted by Crippen LogP contribution is 2.31. The van der Waals surface area contributed by atoms with E-state index in [0.29, 0.717) is 0 Å². The summed E-state index contributed by atoms with van der Waals surface area (Å²) in [6.07, 6.45) is 58.5. The Balaban J connectivity index is 5.14. The van der Waals surface area contributed by atoms with Crippen LogP contribution in [-0.4, -0.2) is 45.2 Å². The second kappa shape index (κ2) is 49.1. The Bertz CT molecular complexity index is 673. The van der Waals surface area contributed by atoms with Crippen LogP contribution in [0.2, 0.25) is 18.1 Å². The van der Waals surface area contributed by atoms with Gasteiger partial charge in [-0.1, -0.05) is 272 Å². The van der Waals surface area contributed by atoms with Gasteiger partial charge in [0, 0.05) is 13.2 Å². The summed E-state index contributed by atoms with van der Waals surface area (Å²) in [5.41, 5.74) is 0. The second-order valence-corrected chi connectivity index (χ2v) is 23.5. The Kier molecular flexibility index (Phi) is 49.6. The van der Waals surface area contributed by atoms with Crippen molar-refractivity contribution in [2.24, 2.45) is 0 Å². The van der Waals surface area contributed by atoms with E-state index in [1.54, 1.807) is 0 Å². The number of thiol groups is 1. The molecular weight excluding hydrogens is 727 g/mol. The molecule has 0 N–H and O–H groups in total. The Labute approximate surface area is 369 Å². The topological polar surface area (TPSA) is 12.5 Å². The van der Waals surface area contributed by atoms with Gasteiger partial charge in [0.15, 0.2) is 8.32 Å². The number of unbranched alkanes of at least 4 members (excludes halogenated alkanes) is 36. The van der Waals surface area contributed by atoms with E-state index in [2.05, 4.69) is 32.6 Å². The predicted molar refractivity (Wildman–Crippen MR) is 268 cm³/mol. The minimum absolute atomic E-state index is 0.990. The van der Waals surface area contributed by atoms with Gasteiger partial charge in [0.05, 0.1) is 0 Å². The average Bonchev–Trinajstić information content (AvgIpc) is 3.22. The summed E-state index contributed by atoms with van der Waals surface area (Å²) in [5, 5.41) is 0. The number of hydrogen-bond acceptors (Lipinski definition) is 3. The van der Waals surface area contributed by atoms with E-state index in [1.807, 2.05) is 0 Å². The summed E-state index contributed by atoms with van der Waals surface area (Å²) < 4.78 is 7.39. The first-order valence-electron chi connectivity index (χ1n) is 27.1. The molecular formula is C53H111NOSSi. The third kappa shape index (κ3) is 42.9. The lowest BCUT2D eigenvalue weighted by molar-refractivity contribution is 0.194. The van der Waals surface area contributed by atoms with Crippen LogP contribution in [0.15, 0.2) is 0 Å². The Hall–Kier alpha value is 0.487. The third-order valence-corrected chi connectivity index (χ3v) is 18.2. The van der Waals surface area contributed by atoms with Crippen molar-refractivity contribution in [2.45, 2.75) is 309 Å². The van der Waals surface area contributed by atoms with Gasteiger partial charge < -0.3 is 9.33 Å². The fraction of sp³-hybridized carbons (Fsp3) is 1.00. The molecule has 4 heteroatoms. The fourth-order valence-corrected chi connectivity index (χ4v) is 14.0. The molecule has 0 saturated heterocycles. The maximum atomic E-state index is 7.39. The predicted octanol–water partition coefficient (Wildman–Crippen LogP) is 19.3. The summed E-state index contributed by atoms with van der Waals surface area (Å²) in [6.45, 7) is 14.0. The van der Waals surface area contributed by atoms with Crippen molar-refractivity contribution in [3.63, 3.8) is 0 Å². The zero-order valence-corrected chi connectivity index (χ0v) is 42.3. The maximum Gasteiger partial charge on any atom is 0.192 e. The van der Waals surface area contributed by atoms with Crippen LogP contribution >= 0.6 is 12.6 Å². The van der Waals surface area contributed by atoms with Crippen LogP contribution in [0, 0.1) is 0 Å². The van der Waals surface area contributed by atoms with Crippen LogP contribution in [0.5, 0.6) is 0 Å². The molecule has 0 saturated carbocycles. The van der Waals surface area contributed by atoms with Gasteiger partial charge in [0.25, 0.3) is 0 Å². The van der Waals surface area contributed by atoms with E-state index in [0.717, 1.165) is 12.4 Å². The van der Waals surface area contributed by atoms with E-state index >= 15 is 0 Å². The summed E-state index contributed by atoms with van der Waals surface area (Å²) in [6, 6.07) is 4.17. The van der Waals surface area contributed by atoms with E-state index in [1.165, 1.54) is 301 Å². The van der Waals surface area contributed by atoms with Crippen LogP contribution in [0.25, 0.3) is 0 Å². The molecule has 0 aromatic rings. The van der Waals surface area contributed by atoms with Crippen LogP contribution < -0.4 is 0 Å². The Morgan fingerprint density at radius 1 is 0.298 bits per heavy atom. The minimum Gasteiger partial charge on any atom is -0.416 e. The minimum atomic E-state index is -1.77. The van der Waals surface area contributed by atoms with Crippen molar-refractivity contribution in [3.05, 3.63) is 0 Å². The summed E-state index contributed by atoms with van der Waals surface area (Å²) in [7, 11) is -1.77. The van der Waals surface area contributed by atoms with Crippen molar-refractivity contribution >= 4 is 20.9 Å². The highest BCUT2D eigenvalue weighted by atomic mass is 32.1. The summed E-state index contributed by atoms with van der Waals surface area (Å²) in [4.78, 5) is 2.84. The lowest BCUT2D eigenvalue weighted by Crippen LogP contribution is -2.41. The van der Waals surface area contributed by atoms with Crippen molar-refractivity contribution < 1.29 is 4.43 Å². The highest BCUT2D eigenvalue weighted by molar-refractivity contribution is 7.80. The van der Waals surface area contributed by atoms with Gasteiger partial charge in [-0.3, -0.25) is 0 Å². The van der Waals surface area contributed by atoms with Crippen LogP contribution in [0.1, 0.15) is 291 Å². The Morgan fingerprint density at radius 2 is 0.544 bits per heavy atom. The molecule has 0 unspecified atom stereocenters. The van der Waals surface area contributed by atoms with Gasteiger partial charge in [-0.15, -0.1) is 0 Å².